The summed E-state index contributed by atoms with van der Waals surface area (Å²) in [6, 6.07) is 7.94. The average Bonchev–Trinajstić information content (AvgIpc) is 2.54. The second-order valence-electron chi connectivity index (χ2n) is 5.92. The van der Waals surface area contributed by atoms with Crippen LogP contribution in [0.15, 0.2) is 22.7 Å². The molecule has 1 aliphatic carbocycles. The van der Waals surface area contributed by atoms with Gasteiger partial charge in [0.05, 0.1) is 29.2 Å². The molecule has 1 saturated carbocycles. The summed E-state index contributed by atoms with van der Waals surface area (Å²) in [6.07, 6.45) is 4.00. The molecule has 1 aliphatic rings. The van der Waals surface area contributed by atoms with Gasteiger partial charge in [0.2, 0.25) is 0 Å². The highest BCUT2D eigenvalue weighted by Crippen LogP contribution is 2.48. The summed E-state index contributed by atoms with van der Waals surface area (Å²) in [5, 5.41) is 20.4. The summed E-state index contributed by atoms with van der Waals surface area (Å²) in [5.74, 6) is 1.42. The minimum atomic E-state index is -0.748. The third-order valence-electron chi connectivity index (χ3n) is 4.81. The average molecular weight is 352 g/mol. The van der Waals surface area contributed by atoms with E-state index in [1.54, 1.807) is 7.11 Å². The molecular formula is C17H22BrNO2. The predicted octanol–water partition coefficient (Wildman–Crippen LogP) is 4.60. The summed E-state index contributed by atoms with van der Waals surface area (Å²) in [4.78, 5) is 0. The fourth-order valence-corrected chi connectivity index (χ4v) is 3.78. The van der Waals surface area contributed by atoms with Gasteiger partial charge in [0, 0.05) is 0 Å². The molecule has 1 unspecified atom stereocenters. The molecule has 1 N–H and O–H groups in total. The molecule has 1 atom stereocenters. The van der Waals surface area contributed by atoms with E-state index in [2.05, 4.69) is 28.9 Å². The lowest BCUT2D eigenvalue weighted by molar-refractivity contribution is 0.0242. The number of nitriles is 1. The third-order valence-corrected chi connectivity index (χ3v) is 5.43. The number of nitrogens with zero attached hydrogens (tertiary/aromatic N) is 1. The van der Waals surface area contributed by atoms with Crippen molar-refractivity contribution >= 4 is 15.9 Å². The van der Waals surface area contributed by atoms with Crippen molar-refractivity contribution in [2.24, 2.45) is 11.3 Å². The SMILES string of the molecule is CCC1CCC(C#N)(C(O)c2ccc(OC)c(Br)c2)CC1. The zero-order chi connectivity index (χ0) is 15.5. The van der Waals surface area contributed by atoms with Gasteiger partial charge in [0.15, 0.2) is 0 Å². The first-order valence-corrected chi connectivity index (χ1v) is 8.28. The largest absolute Gasteiger partial charge is 0.496 e. The molecule has 0 amide bonds. The van der Waals surface area contributed by atoms with Crippen LogP contribution in [-0.4, -0.2) is 12.2 Å². The molecule has 114 valence electrons. The minimum absolute atomic E-state index is 0.653. The number of ether oxygens (including phenoxy) is 1. The number of hydrogen-bond donors (Lipinski definition) is 1. The van der Waals surface area contributed by atoms with Crippen molar-refractivity contribution in [3.8, 4) is 11.8 Å². The van der Waals surface area contributed by atoms with Crippen LogP contribution in [0.4, 0.5) is 0 Å². The van der Waals surface area contributed by atoms with E-state index >= 15 is 0 Å². The van der Waals surface area contributed by atoms with E-state index in [9.17, 15) is 10.4 Å². The molecule has 1 aromatic rings. The number of halogens is 1. The summed E-state index contributed by atoms with van der Waals surface area (Å²) in [5.41, 5.74) is 0.124. The predicted molar refractivity (Wildman–Crippen MR) is 85.9 cm³/mol. The quantitative estimate of drug-likeness (QED) is 0.862. The fourth-order valence-electron chi connectivity index (χ4n) is 3.22. The molecule has 0 radical (unpaired) electrons. The van der Waals surface area contributed by atoms with Crippen molar-refractivity contribution in [2.45, 2.75) is 45.1 Å². The van der Waals surface area contributed by atoms with E-state index in [0.29, 0.717) is 5.92 Å². The summed E-state index contributed by atoms with van der Waals surface area (Å²) < 4.78 is 6.01. The third kappa shape index (κ3) is 3.25. The number of rotatable bonds is 4. The van der Waals surface area contributed by atoms with Crippen molar-refractivity contribution < 1.29 is 9.84 Å². The normalized spacial score (nSPS) is 26.9. The van der Waals surface area contributed by atoms with Gasteiger partial charge in [0.1, 0.15) is 5.75 Å². The van der Waals surface area contributed by atoms with Crippen molar-refractivity contribution in [3.05, 3.63) is 28.2 Å². The van der Waals surface area contributed by atoms with Crippen LogP contribution in [0.2, 0.25) is 0 Å². The van der Waals surface area contributed by atoms with Gasteiger partial charge >= 0.3 is 0 Å². The second-order valence-corrected chi connectivity index (χ2v) is 6.77. The Morgan fingerprint density at radius 2 is 2.14 bits per heavy atom. The summed E-state index contributed by atoms with van der Waals surface area (Å²) in [7, 11) is 1.61. The van der Waals surface area contributed by atoms with E-state index in [4.69, 9.17) is 4.74 Å². The second kappa shape index (κ2) is 6.81. The van der Waals surface area contributed by atoms with Crippen molar-refractivity contribution in [1.82, 2.24) is 0 Å². The molecule has 4 heteroatoms. The van der Waals surface area contributed by atoms with E-state index in [0.717, 1.165) is 47.9 Å². The lowest BCUT2D eigenvalue weighted by atomic mass is 9.66. The maximum atomic E-state index is 10.8. The van der Waals surface area contributed by atoms with Crippen LogP contribution in [0.1, 0.15) is 50.7 Å². The number of aliphatic hydroxyl groups excluding tert-OH is 1. The Morgan fingerprint density at radius 3 is 2.62 bits per heavy atom. The Kier molecular flexibility index (Phi) is 5.29. The lowest BCUT2D eigenvalue weighted by Crippen LogP contribution is -2.32. The first-order chi connectivity index (χ1) is 10.1. The van der Waals surface area contributed by atoms with Gasteiger partial charge in [-0.15, -0.1) is 0 Å². The molecule has 1 aromatic carbocycles. The van der Waals surface area contributed by atoms with Crippen LogP contribution in [0.25, 0.3) is 0 Å². The van der Waals surface area contributed by atoms with Crippen LogP contribution in [-0.2, 0) is 0 Å². The fraction of sp³-hybridized carbons (Fsp3) is 0.588. The van der Waals surface area contributed by atoms with Gasteiger partial charge in [-0.3, -0.25) is 0 Å². The number of methoxy groups -OCH3 is 1. The van der Waals surface area contributed by atoms with Gasteiger partial charge in [0.25, 0.3) is 0 Å². The Hall–Kier alpha value is -1.05. The van der Waals surface area contributed by atoms with Crippen LogP contribution >= 0.6 is 15.9 Å². The van der Waals surface area contributed by atoms with Gasteiger partial charge < -0.3 is 9.84 Å². The van der Waals surface area contributed by atoms with Crippen LogP contribution in [0.3, 0.4) is 0 Å². The zero-order valence-electron chi connectivity index (χ0n) is 12.6. The van der Waals surface area contributed by atoms with Crippen LogP contribution in [0, 0.1) is 22.7 Å². The van der Waals surface area contributed by atoms with Crippen LogP contribution < -0.4 is 4.74 Å². The monoisotopic (exact) mass is 351 g/mol. The lowest BCUT2D eigenvalue weighted by Gasteiger charge is -2.38. The Morgan fingerprint density at radius 1 is 1.48 bits per heavy atom. The molecule has 1 fully saturated rings. The van der Waals surface area contributed by atoms with Gasteiger partial charge in [-0.25, -0.2) is 0 Å². The molecule has 0 heterocycles. The number of hydrogen-bond acceptors (Lipinski definition) is 3. The first kappa shape index (κ1) is 16.3. The Bertz CT molecular complexity index is 530. The van der Waals surface area contributed by atoms with Gasteiger partial charge in [-0.2, -0.15) is 5.26 Å². The summed E-state index contributed by atoms with van der Waals surface area (Å²) in [6.45, 7) is 2.20. The molecule has 0 spiro atoms. The van der Waals surface area contributed by atoms with Gasteiger partial charge in [-0.05, 0) is 65.2 Å². The highest BCUT2D eigenvalue weighted by molar-refractivity contribution is 9.10. The molecule has 0 saturated heterocycles. The summed E-state index contributed by atoms with van der Waals surface area (Å²) >= 11 is 3.44. The van der Waals surface area contributed by atoms with E-state index in [-0.39, 0.29) is 0 Å². The highest BCUT2D eigenvalue weighted by Gasteiger charge is 2.42. The maximum absolute atomic E-state index is 10.8. The molecule has 3 nitrogen and oxygen atoms in total. The van der Waals surface area contributed by atoms with Crippen LogP contribution in [0.5, 0.6) is 5.75 Å². The van der Waals surface area contributed by atoms with Crippen molar-refractivity contribution in [1.29, 1.82) is 5.26 Å². The van der Waals surface area contributed by atoms with E-state index < -0.39 is 11.5 Å². The highest BCUT2D eigenvalue weighted by atomic mass is 79.9. The van der Waals surface area contributed by atoms with E-state index in [1.165, 1.54) is 0 Å². The molecule has 21 heavy (non-hydrogen) atoms. The Balaban J connectivity index is 2.23. The molecule has 0 aromatic heterocycles. The topological polar surface area (TPSA) is 53.2 Å². The molecule has 2 rings (SSSR count). The maximum Gasteiger partial charge on any atom is 0.133 e. The van der Waals surface area contributed by atoms with Crippen molar-refractivity contribution in [3.63, 3.8) is 0 Å². The Labute approximate surface area is 135 Å². The molecule has 0 bridgehead atoms. The van der Waals surface area contributed by atoms with Crippen molar-refractivity contribution in [2.75, 3.05) is 7.11 Å². The number of aliphatic hydroxyl groups is 1. The first-order valence-electron chi connectivity index (χ1n) is 7.49. The molecule has 0 aliphatic heterocycles. The van der Waals surface area contributed by atoms with E-state index in [1.807, 2.05) is 18.2 Å². The standard InChI is InChI=1S/C17H22BrNO2/c1-3-12-6-8-17(11-19,9-7-12)16(20)13-4-5-15(21-2)14(18)10-13/h4-5,10,12,16,20H,3,6-9H2,1-2H3. The number of benzene rings is 1. The minimum Gasteiger partial charge on any atom is -0.496 e. The molecular weight excluding hydrogens is 330 g/mol. The van der Waals surface area contributed by atoms with Gasteiger partial charge in [-0.1, -0.05) is 19.4 Å². The smallest absolute Gasteiger partial charge is 0.133 e. The zero-order valence-corrected chi connectivity index (χ0v) is 14.2.